The third-order valence-corrected chi connectivity index (χ3v) is 3.87. The lowest BCUT2D eigenvalue weighted by Gasteiger charge is -2.05. The molecule has 3 rings (SSSR count). The molecule has 0 radical (unpaired) electrons. The quantitative estimate of drug-likeness (QED) is 0.390. The van der Waals surface area contributed by atoms with Gasteiger partial charge in [-0.2, -0.15) is 0 Å². The Balaban J connectivity index is 1.67. The van der Waals surface area contributed by atoms with Gasteiger partial charge in [0.05, 0.1) is 17.6 Å². The first-order chi connectivity index (χ1) is 12.2. The molecule has 2 aromatic carbocycles. The molecule has 5 heteroatoms. The molecule has 2 N–H and O–H groups in total. The molecule has 0 aliphatic carbocycles. The molecule has 0 fully saturated rings. The van der Waals surface area contributed by atoms with Crippen molar-refractivity contribution in [2.75, 3.05) is 6.61 Å². The van der Waals surface area contributed by atoms with Crippen LogP contribution in [0.25, 0.3) is 17.1 Å². The van der Waals surface area contributed by atoms with E-state index in [0.717, 1.165) is 24.2 Å². The summed E-state index contributed by atoms with van der Waals surface area (Å²) < 4.78 is 5.62. The van der Waals surface area contributed by atoms with E-state index in [2.05, 4.69) is 16.9 Å². The van der Waals surface area contributed by atoms with Gasteiger partial charge < -0.3 is 14.7 Å². The van der Waals surface area contributed by atoms with Crippen LogP contribution in [0.3, 0.4) is 0 Å². The van der Waals surface area contributed by atoms with Gasteiger partial charge in [0.1, 0.15) is 5.75 Å². The minimum Gasteiger partial charge on any atom is -0.494 e. The fourth-order valence-corrected chi connectivity index (χ4v) is 2.46. The maximum Gasteiger partial charge on any atom is 0.323 e. The Hall–Kier alpha value is -3.08. The number of benzene rings is 2. The summed E-state index contributed by atoms with van der Waals surface area (Å²) in [6.45, 7) is 2.84. The number of carbonyl (C=O) groups excluding carboxylic acids is 1. The van der Waals surface area contributed by atoms with Crippen LogP contribution >= 0.6 is 0 Å². The molecule has 0 saturated heterocycles. The number of fused-ring (bicyclic) bond motifs is 1. The summed E-state index contributed by atoms with van der Waals surface area (Å²) in [4.78, 5) is 28.9. The van der Waals surface area contributed by atoms with Gasteiger partial charge in [0.2, 0.25) is 0 Å². The van der Waals surface area contributed by atoms with Crippen LogP contribution in [0.5, 0.6) is 5.75 Å². The molecule has 0 aliphatic rings. The van der Waals surface area contributed by atoms with Crippen LogP contribution in [0.1, 0.15) is 35.7 Å². The second kappa shape index (κ2) is 7.66. The van der Waals surface area contributed by atoms with Crippen molar-refractivity contribution >= 4 is 22.9 Å². The number of ether oxygens (including phenoxy) is 1. The normalized spacial score (nSPS) is 11.2. The Morgan fingerprint density at radius 2 is 1.84 bits per heavy atom. The predicted octanol–water partition coefficient (Wildman–Crippen LogP) is 3.93. The van der Waals surface area contributed by atoms with Crippen molar-refractivity contribution in [2.24, 2.45) is 0 Å². The predicted molar refractivity (Wildman–Crippen MR) is 99.1 cm³/mol. The van der Waals surface area contributed by atoms with Crippen LogP contribution in [-0.4, -0.2) is 22.4 Å². The lowest BCUT2D eigenvalue weighted by molar-refractivity contribution is 0.104. The minimum absolute atomic E-state index is 0.118. The van der Waals surface area contributed by atoms with Gasteiger partial charge in [-0.1, -0.05) is 31.6 Å². The van der Waals surface area contributed by atoms with Gasteiger partial charge in [-0.15, -0.1) is 0 Å². The fraction of sp³-hybridized carbons (Fsp3) is 0.200. The zero-order chi connectivity index (χ0) is 17.6. The number of ketones is 1. The van der Waals surface area contributed by atoms with Crippen LogP contribution in [0.15, 0.2) is 53.3 Å². The maximum absolute atomic E-state index is 12.3. The number of nitrogens with one attached hydrogen (secondary N) is 2. The molecule has 0 amide bonds. The average Bonchev–Trinajstić information content (AvgIpc) is 3.00. The van der Waals surface area contributed by atoms with E-state index in [4.69, 9.17) is 4.74 Å². The number of hydrogen-bond acceptors (Lipinski definition) is 3. The van der Waals surface area contributed by atoms with E-state index in [0.29, 0.717) is 23.2 Å². The third-order valence-electron chi connectivity index (χ3n) is 3.87. The number of H-pyrrole nitrogens is 2. The molecule has 0 bridgehead atoms. The number of carbonyl (C=O) groups is 1. The largest absolute Gasteiger partial charge is 0.494 e. The number of hydrogen-bond donors (Lipinski definition) is 2. The fourth-order valence-electron chi connectivity index (χ4n) is 2.46. The second-order valence-electron chi connectivity index (χ2n) is 5.81. The van der Waals surface area contributed by atoms with E-state index < -0.39 is 0 Å². The lowest BCUT2D eigenvalue weighted by Crippen LogP contribution is -1.99. The number of allylic oxidation sites excluding steroid dienone is 1. The van der Waals surface area contributed by atoms with Crippen LogP contribution in [0, 0.1) is 0 Å². The third kappa shape index (κ3) is 4.26. The Labute approximate surface area is 145 Å². The lowest BCUT2D eigenvalue weighted by atomic mass is 10.1. The number of aromatic amines is 2. The molecule has 0 saturated carbocycles. The smallest absolute Gasteiger partial charge is 0.323 e. The standard InChI is InChI=1S/C20H20N2O3/c1-2-3-12-25-16-8-4-14(5-9-16)6-11-19(23)15-7-10-17-18(13-15)22-20(24)21-17/h4-11,13H,2-3,12H2,1H3,(H2,21,22,24). The molecular formula is C20H20N2O3. The molecule has 0 atom stereocenters. The van der Waals surface area contributed by atoms with Crippen LogP contribution in [0.4, 0.5) is 0 Å². The Kier molecular flexibility index (Phi) is 5.14. The van der Waals surface area contributed by atoms with Gasteiger partial charge in [-0.25, -0.2) is 4.79 Å². The van der Waals surface area contributed by atoms with Crippen molar-refractivity contribution in [3.63, 3.8) is 0 Å². The van der Waals surface area contributed by atoms with E-state index in [1.807, 2.05) is 24.3 Å². The number of aromatic nitrogens is 2. The molecule has 3 aromatic rings. The van der Waals surface area contributed by atoms with Crippen molar-refractivity contribution in [1.82, 2.24) is 9.97 Å². The number of unbranched alkanes of at least 4 members (excludes halogenated alkanes) is 1. The number of rotatable bonds is 7. The summed E-state index contributed by atoms with van der Waals surface area (Å²) in [6.07, 6.45) is 5.43. The molecule has 25 heavy (non-hydrogen) atoms. The first-order valence-corrected chi connectivity index (χ1v) is 8.33. The summed E-state index contributed by atoms with van der Waals surface area (Å²) >= 11 is 0. The van der Waals surface area contributed by atoms with E-state index in [1.165, 1.54) is 6.08 Å². The molecule has 1 heterocycles. The van der Waals surface area contributed by atoms with E-state index in [1.54, 1.807) is 24.3 Å². The molecule has 0 aliphatic heterocycles. The van der Waals surface area contributed by atoms with Gasteiger partial charge >= 0.3 is 5.69 Å². The second-order valence-corrected chi connectivity index (χ2v) is 5.81. The Bertz CT molecular complexity index is 949. The summed E-state index contributed by atoms with van der Waals surface area (Å²) in [7, 11) is 0. The first kappa shape index (κ1) is 16.8. The summed E-state index contributed by atoms with van der Waals surface area (Å²) in [5, 5.41) is 0. The van der Waals surface area contributed by atoms with Crippen molar-refractivity contribution in [3.8, 4) is 5.75 Å². The number of imidazole rings is 1. The highest BCUT2D eigenvalue weighted by molar-refractivity contribution is 6.08. The van der Waals surface area contributed by atoms with Crippen LogP contribution < -0.4 is 10.4 Å². The molecular weight excluding hydrogens is 316 g/mol. The zero-order valence-corrected chi connectivity index (χ0v) is 14.0. The Morgan fingerprint density at radius 1 is 1.08 bits per heavy atom. The first-order valence-electron chi connectivity index (χ1n) is 8.33. The molecule has 1 aromatic heterocycles. The van der Waals surface area contributed by atoms with Gasteiger partial charge in [0.15, 0.2) is 5.78 Å². The van der Waals surface area contributed by atoms with Gasteiger partial charge in [0.25, 0.3) is 0 Å². The van der Waals surface area contributed by atoms with E-state index in [9.17, 15) is 9.59 Å². The molecule has 128 valence electrons. The van der Waals surface area contributed by atoms with Gasteiger partial charge in [-0.3, -0.25) is 4.79 Å². The molecule has 0 spiro atoms. The van der Waals surface area contributed by atoms with Gasteiger partial charge in [-0.05, 0) is 48.4 Å². The Morgan fingerprint density at radius 3 is 2.60 bits per heavy atom. The van der Waals surface area contributed by atoms with E-state index in [-0.39, 0.29) is 11.5 Å². The van der Waals surface area contributed by atoms with E-state index >= 15 is 0 Å². The summed E-state index contributed by atoms with van der Waals surface area (Å²) in [5.74, 6) is 0.714. The summed E-state index contributed by atoms with van der Waals surface area (Å²) in [5.41, 5.74) is 2.48. The zero-order valence-electron chi connectivity index (χ0n) is 14.0. The average molecular weight is 336 g/mol. The highest BCUT2D eigenvalue weighted by Crippen LogP contribution is 2.15. The van der Waals surface area contributed by atoms with Gasteiger partial charge in [0, 0.05) is 5.56 Å². The van der Waals surface area contributed by atoms with Crippen LogP contribution in [0.2, 0.25) is 0 Å². The molecule has 5 nitrogen and oxygen atoms in total. The summed E-state index contributed by atoms with van der Waals surface area (Å²) in [6, 6.07) is 12.7. The highest BCUT2D eigenvalue weighted by Gasteiger charge is 2.05. The SMILES string of the molecule is CCCCOc1ccc(C=CC(=O)c2ccc3[nH]c(=O)[nH]c3c2)cc1. The van der Waals surface area contributed by atoms with Crippen molar-refractivity contribution in [3.05, 3.63) is 70.2 Å². The van der Waals surface area contributed by atoms with Crippen LogP contribution in [-0.2, 0) is 0 Å². The molecule has 0 unspecified atom stereocenters. The maximum atomic E-state index is 12.3. The highest BCUT2D eigenvalue weighted by atomic mass is 16.5. The monoisotopic (exact) mass is 336 g/mol. The topological polar surface area (TPSA) is 75.0 Å². The van der Waals surface area contributed by atoms with Crippen molar-refractivity contribution in [1.29, 1.82) is 0 Å². The van der Waals surface area contributed by atoms with Crippen molar-refractivity contribution in [2.45, 2.75) is 19.8 Å². The minimum atomic E-state index is -0.281. The van der Waals surface area contributed by atoms with Crippen molar-refractivity contribution < 1.29 is 9.53 Å².